The molecule has 0 bridgehead atoms. The maximum Gasteiger partial charge on any atom is 0.253 e. The summed E-state index contributed by atoms with van der Waals surface area (Å²) < 4.78 is 27.5. The summed E-state index contributed by atoms with van der Waals surface area (Å²) in [7, 11) is 0. The van der Waals surface area contributed by atoms with Crippen LogP contribution < -0.4 is 10.6 Å². The number of hydrogen-bond donors (Lipinski definition) is 3. The zero-order valence-corrected chi connectivity index (χ0v) is 17.7. The Morgan fingerprint density at radius 2 is 1.85 bits per heavy atom. The Balaban J connectivity index is 1.34. The van der Waals surface area contributed by atoms with E-state index in [-0.39, 0.29) is 17.9 Å². The number of halogens is 2. The van der Waals surface area contributed by atoms with Gasteiger partial charge in [-0.05, 0) is 59.7 Å². The summed E-state index contributed by atoms with van der Waals surface area (Å²) in [4.78, 5) is 18.8. The number of hydrogen-bond acceptors (Lipinski definition) is 5. The van der Waals surface area contributed by atoms with Crippen LogP contribution in [0.25, 0.3) is 11.0 Å². The van der Waals surface area contributed by atoms with Crippen molar-refractivity contribution < 1.29 is 13.6 Å². The number of aromatic nitrogens is 3. The molecule has 2 aromatic carbocycles. The first-order chi connectivity index (χ1) is 16.1. The maximum absolute atomic E-state index is 14.0. The Morgan fingerprint density at radius 3 is 2.64 bits per heavy atom. The Bertz CT molecular complexity index is 1300. The third-order valence-electron chi connectivity index (χ3n) is 5.67. The monoisotopic (exact) mass is 448 g/mol. The number of nitrogens with one attached hydrogen (secondary N) is 3. The zero-order chi connectivity index (χ0) is 22.8. The van der Waals surface area contributed by atoms with Gasteiger partial charge in [-0.2, -0.15) is 5.10 Å². The Labute approximate surface area is 188 Å². The molecular weight excluding hydrogens is 426 g/mol. The van der Waals surface area contributed by atoms with Crippen LogP contribution >= 0.6 is 0 Å². The van der Waals surface area contributed by atoms with Gasteiger partial charge in [-0.1, -0.05) is 0 Å². The number of H-pyrrole nitrogens is 1. The predicted octanol–water partition coefficient (Wildman–Crippen LogP) is 3.62. The van der Waals surface area contributed by atoms with Crippen LogP contribution in [-0.2, 0) is 6.42 Å². The third kappa shape index (κ3) is 4.54. The first kappa shape index (κ1) is 21.0. The summed E-state index contributed by atoms with van der Waals surface area (Å²) in [5.41, 5.74) is 2.91. The van der Waals surface area contributed by atoms with Crippen LogP contribution in [0.4, 0.5) is 20.3 Å². The third-order valence-corrected chi connectivity index (χ3v) is 5.67. The molecule has 4 aromatic rings. The van der Waals surface area contributed by atoms with E-state index in [0.717, 1.165) is 41.9 Å². The number of piperazine rings is 1. The lowest BCUT2D eigenvalue weighted by Crippen LogP contribution is -2.46. The highest BCUT2D eigenvalue weighted by atomic mass is 19.1. The van der Waals surface area contributed by atoms with Gasteiger partial charge >= 0.3 is 0 Å². The molecule has 3 N–H and O–H groups in total. The van der Waals surface area contributed by atoms with Crippen LogP contribution in [0.2, 0.25) is 0 Å². The van der Waals surface area contributed by atoms with Crippen LogP contribution in [0.1, 0.15) is 21.5 Å². The molecule has 0 aliphatic carbocycles. The molecule has 3 heterocycles. The van der Waals surface area contributed by atoms with Gasteiger partial charge in [0, 0.05) is 50.0 Å². The summed E-state index contributed by atoms with van der Waals surface area (Å²) in [5.74, 6) is -0.295. The van der Waals surface area contributed by atoms with Crippen LogP contribution in [0.5, 0.6) is 0 Å². The van der Waals surface area contributed by atoms with Gasteiger partial charge in [0.15, 0.2) is 5.65 Å². The number of aromatic amines is 1. The number of rotatable bonds is 5. The summed E-state index contributed by atoms with van der Waals surface area (Å²) in [5, 5.41) is 14.3. The lowest BCUT2D eigenvalue weighted by atomic mass is 10.1. The summed E-state index contributed by atoms with van der Waals surface area (Å²) in [6.07, 6.45) is 1.81. The highest BCUT2D eigenvalue weighted by Gasteiger charge is 2.18. The van der Waals surface area contributed by atoms with Gasteiger partial charge in [-0.25, -0.2) is 13.8 Å². The molecule has 168 valence electrons. The molecule has 5 rings (SSSR count). The fourth-order valence-corrected chi connectivity index (χ4v) is 3.92. The largest absolute Gasteiger partial charge is 0.340 e. The fourth-order valence-electron chi connectivity index (χ4n) is 3.92. The molecule has 1 aliphatic rings. The molecule has 33 heavy (non-hydrogen) atoms. The first-order valence-corrected chi connectivity index (χ1v) is 10.7. The lowest BCUT2D eigenvalue weighted by molar-refractivity contribution is 0.0736. The smallest absolute Gasteiger partial charge is 0.253 e. The average Bonchev–Trinajstić information content (AvgIpc) is 3.24. The SMILES string of the molecule is O=C(c1ccc(Nc2[nH]nc3ncc(Cc4cc(F)ccc4F)cc23)cc1)N1CCNCC1. The number of carbonyl (C=O) groups excluding carboxylic acids is 1. The normalized spacial score (nSPS) is 13.9. The summed E-state index contributed by atoms with van der Waals surface area (Å²) in [6.45, 7) is 3.02. The van der Waals surface area contributed by atoms with Crippen LogP contribution in [0.15, 0.2) is 54.7 Å². The summed E-state index contributed by atoms with van der Waals surface area (Å²) >= 11 is 0. The fraction of sp³-hybridized carbons (Fsp3) is 0.208. The molecule has 0 spiro atoms. The van der Waals surface area contributed by atoms with Gasteiger partial charge < -0.3 is 15.5 Å². The van der Waals surface area contributed by atoms with Crippen molar-refractivity contribution >= 4 is 28.4 Å². The molecule has 0 saturated carbocycles. The number of carbonyl (C=O) groups is 1. The van der Waals surface area contributed by atoms with E-state index in [9.17, 15) is 13.6 Å². The average molecular weight is 448 g/mol. The highest BCUT2D eigenvalue weighted by molar-refractivity contribution is 5.95. The first-order valence-electron chi connectivity index (χ1n) is 10.7. The Kier molecular flexibility index (Phi) is 5.70. The molecule has 1 saturated heterocycles. The van der Waals surface area contributed by atoms with Gasteiger partial charge in [0.25, 0.3) is 5.91 Å². The van der Waals surface area contributed by atoms with Crippen molar-refractivity contribution in [2.45, 2.75) is 6.42 Å². The van der Waals surface area contributed by atoms with Gasteiger partial charge in [-0.3, -0.25) is 9.89 Å². The number of anilines is 2. The van der Waals surface area contributed by atoms with E-state index < -0.39 is 11.6 Å². The molecular formula is C24H22F2N6O. The quantitative estimate of drug-likeness (QED) is 0.434. The molecule has 9 heteroatoms. The van der Waals surface area contributed by atoms with Crippen molar-refractivity contribution in [2.24, 2.45) is 0 Å². The highest BCUT2D eigenvalue weighted by Crippen LogP contribution is 2.25. The molecule has 0 atom stereocenters. The standard InChI is InChI=1S/C24H22F2N6O/c25-18-3-6-21(26)17(13-18)11-15-12-20-22(28-14-15)30-31-23(20)29-19-4-1-16(2-5-19)24(33)32-9-7-27-8-10-32/h1-6,12-14,27H,7-11H2,(H2,28,29,30,31). The van der Waals surface area contributed by atoms with Crippen molar-refractivity contribution in [1.82, 2.24) is 25.4 Å². The molecule has 1 fully saturated rings. The number of amides is 1. The number of fused-ring (bicyclic) bond motifs is 1. The van der Waals surface area contributed by atoms with E-state index in [1.807, 2.05) is 23.1 Å². The minimum Gasteiger partial charge on any atom is -0.340 e. The topological polar surface area (TPSA) is 85.9 Å². The Hall–Kier alpha value is -3.85. The second kappa shape index (κ2) is 8.95. The van der Waals surface area contributed by atoms with E-state index in [2.05, 4.69) is 25.8 Å². The van der Waals surface area contributed by atoms with E-state index in [1.165, 1.54) is 6.07 Å². The van der Waals surface area contributed by atoms with Crippen molar-refractivity contribution in [3.8, 4) is 0 Å². The molecule has 2 aromatic heterocycles. The number of benzene rings is 2. The van der Waals surface area contributed by atoms with Crippen molar-refractivity contribution in [1.29, 1.82) is 0 Å². The molecule has 1 amide bonds. The second-order valence-corrected chi connectivity index (χ2v) is 7.97. The van der Waals surface area contributed by atoms with Gasteiger partial charge in [0.1, 0.15) is 17.5 Å². The van der Waals surface area contributed by atoms with E-state index in [4.69, 9.17) is 0 Å². The minimum atomic E-state index is -0.481. The Morgan fingerprint density at radius 1 is 1.06 bits per heavy atom. The van der Waals surface area contributed by atoms with Crippen LogP contribution in [0.3, 0.4) is 0 Å². The van der Waals surface area contributed by atoms with E-state index >= 15 is 0 Å². The number of nitrogens with zero attached hydrogens (tertiary/aromatic N) is 3. The van der Waals surface area contributed by atoms with Crippen molar-refractivity contribution in [2.75, 3.05) is 31.5 Å². The van der Waals surface area contributed by atoms with Gasteiger partial charge in [0.05, 0.1) is 5.39 Å². The van der Waals surface area contributed by atoms with Crippen LogP contribution in [0, 0.1) is 11.6 Å². The van der Waals surface area contributed by atoms with Crippen molar-refractivity contribution in [3.05, 3.63) is 83.1 Å². The van der Waals surface area contributed by atoms with Gasteiger partial charge in [-0.15, -0.1) is 0 Å². The molecule has 1 aliphatic heterocycles. The summed E-state index contributed by atoms with van der Waals surface area (Å²) in [6, 6.07) is 12.5. The van der Waals surface area contributed by atoms with E-state index in [1.54, 1.807) is 18.3 Å². The molecule has 0 unspecified atom stereocenters. The number of pyridine rings is 1. The molecule has 7 nitrogen and oxygen atoms in total. The minimum absolute atomic E-state index is 0.0217. The maximum atomic E-state index is 14.0. The molecule has 0 radical (unpaired) electrons. The van der Waals surface area contributed by atoms with E-state index in [0.29, 0.717) is 30.1 Å². The predicted molar refractivity (Wildman–Crippen MR) is 122 cm³/mol. The van der Waals surface area contributed by atoms with Crippen LogP contribution in [-0.4, -0.2) is 52.2 Å². The second-order valence-electron chi connectivity index (χ2n) is 7.97. The lowest BCUT2D eigenvalue weighted by Gasteiger charge is -2.27. The van der Waals surface area contributed by atoms with Crippen molar-refractivity contribution in [3.63, 3.8) is 0 Å². The van der Waals surface area contributed by atoms with Gasteiger partial charge in [0.2, 0.25) is 0 Å². The zero-order valence-electron chi connectivity index (χ0n) is 17.7.